The fourth-order valence-corrected chi connectivity index (χ4v) is 2.79. The molecular formula is C19H21F2N3O3. The van der Waals surface area contributed by atoms with Crippen LogP contribution in [0.5, 0.6) is 11.5 Å². The first-order valence-corrected chi connectivity index (χ1v) is 8.68. The van der Waals surface area contributed by atoms with Crippen LogP contribution in [0, 0.1) is 11.6 Å². The van der Waals surface area contributed by atoms with E-state index in [1.165, 1.54) is 12.3 Å². The monoisotopic (exact) mass is 377 g/mol. The van der Waals surface area contributed by atoms with Gasteiger partial charge in [-0.1, -0.05) is 0 Å². The smallest absolute Gasteiger partial charge is 0.242 e. The zero-order valence-corrected chi connectivity index (χ0v) is 15.1. The fraction of sp³-hybridized carbons (Fsp3) is 0.368. The summed E-state index contributed by atoms with van der Waals surface area (Å²) in [7, 11) is 0. The van der Waals surface area contributed by atoms with Crippen molar-refractivity contribution in [1.82, 2.24) is 9.88 Å². The predicted octanol–water partition coefficient (Wildman–Crippen LogP) is 3.20. The zero-order valence-electron chi connectivity index (χ0n) is 15.1. The molecular weight excluding hydrogens is 356 g/mol. The van der Waals surface area contributed by atoms with Gasteiger partial charge < -0.3 is 14.8 Å². The lowest BCUT2D eigenvalue weighted by Gasteiger charge is -2.34. The van der Waals surface area contributed by atoms with E-state index < -0.39 is 11.6 Å². The third-order valence-corrected chi connectivity index (χ3v) is 4.31. The molecule has 6 nitrogen and oxygen atoms in total. The number of hydrogen-bond donors (Lipinski definition) is 1. The number of morpholine rings is 1. The van der Waals surface area contributed by atoms with Gasteiger partial charge in [-0.05, 0) is 38.1 Å². The highest BCUT2D eigenvalue weighted by molar-refractivity contribution is 5.93. The first kappa shape index (κ1) is 19.2. The lowest BCUT2D eigenvalue weighted by atomic mass is 10.2. The lowest BCUT2D eigenvalue weighted by Crippen LogP contribution is -2.50. The molecule has 2 aromatic rings. The van der Waals surface area contributed by atoms with Crippen LogP contribution in [0.4, 0.5) is 14.6 Å². The molecule has 144 valence electrons. The van der Waals surface area contributed by atoms with Gasteiger partial charge in [0, 0.05) is 19.2 Å². The Bertz CT molecular complexity index is 801. The summed E-state index contributed by atoms with van der Waals surface area (Å²) >= 11 is 0. The summed E-state index contributed by atoms with van der Waals surface area (Å²) < 4.78 is 37.4. The van der Waals surface area contributed by atoms with E-state index in [-0.39, 0.29) is 29.6 Å². The molecule has 1 aliphatic rings. The minimum atomic E-state index is -0.805. The van der Waals surface area contributed by atoms with Crippen molar-refractivity contribution >= 4 is 11.7 Å². The Labute approximate surface area is 156 Å². The van der Waals surface area contributed by atoms with Gasteiger partial charge in [-0.15, -0.1) is 0 Å². The highest BCUT2D eigenvalue weighted by atomic mass is 19.1. The minimum absolute atomic E-state index is 0.0930. The average Bonchev–Trinajstić information content (AvgIpc) is 2.65. The summed E-state index contributed by atoms with van der Waals surface area (Å²) in [4.78, 5) is 18.6. The van der Waals surface area contributed by atoms with Crippen LogP contribution in [-0.4, -0.2) is 47.6 Å². The topological polar surface area (TPSA) is 63.7 Å². The minimum Gasteiger partial charge on any atom is -0.453 e. The van der Waals surface area contributed by atoms with Gasteiger partial charge >= 0.3 is 0 Å². The van der Waals surface area contributed by atoms with Crippen LogP contribution in [0.15, 0.2) is 36.5 Å². The SMILES string of the molecule is CC1CN(C(C)C(=O)Nc2ccc(Oc3ccc(F)cc3F)cn2)CCO1. The van der Waals surface area contributed by atoms with E-state index in [0.717, 1.165) is 12.1 Å². The Hall–Kier alpha value is -2.58. The molecule has 0 saturated carbocycles. The average molecular weight is 377 g/mol. The number of halogens is 2. The Morgan fingerprint density at radius 2 is 2.19 bits per heavy atom. The van der Waals surface area contributed by atoms with E-state index in [4.69, 9.17) is 9.47 Å². The van der Waals surface area contributed by atoms with Crippen LogP contribution in [-0.2, 0) is 9.53 Å². The fourth-order valence-electron chi connectivity index (χ4n) is 2.79. The number of anilines is 1. The van der Waals surface area contributed by atoms with Crippen LogP contribution >= 0.6 is 0 Å². The highest BCUT2D eigenvalue weighted by Crippen LogP contribution is 2.25. The van der Waals surface area contributed by atoms with Crippen LogP contribution in [0.2, 0.25) is 0 Å². The van der Waals surface area contributed by atoms with Gasteiger partial charge in [0.15, 0.2) is 11.6 Å². The van der Waals surface area contributed by atoms with Gasteiger partial charge in [0.25, 0.3) is 0 Å². The lowest BCUT2D eigenvalue weighted by molar-refractivity contribution is -0.123. The Morgan fingerprint density at radius 3 is 2.85 bits per heavy atom. The van der Waals surface area contributed by atoms with Crippen molar-refractivity contribution in [2.75, 3.05) is 25.0 Å². The van der Waals surface area contributed by atoms with E-state index in [2.05, 4.69) is 15.2 Å². The van der Waals surface area contributed by atoms with Crippen LogP contribution in [0.1, 0.15) is 13.8 Å². The van der Waals surface area contributed by atoms with Crippen LogP contribution in [0.3, 0.4) is 0 Å². The predicted molar refractivity (Wildman–Crippen MR) is 95.7 cm³/mol. The van der Waals surface area contributed by atoms with Crippen molar-refractivity contribution in [2.45, 2.75) is 26.0 Å². The summed E-state index contributed by atoms with van der Waals surface area (Å²) in [5.74, 6) is -1.13. The molecule has 2 unspecified atom stereocenters. The van der Waals surface area contributed by atoms with Crippen molar-refractivity contribution in [2.24, 2.45) is 0 Å². The van der Waals surface area contributed by atoms with Gasteiger partial charge in [0.1, 0.15) is 17.4 Å². The van der Waals surface area contributed by atoms with Gasteiger partial charge in [-0.3, -0.25) is 9.69 Å². The molecule has 8 heteroatoms. The largest absolute Gasteiger partial charge is 0.453 e. The first-order chi connectivity index (χ1) is 12.9. The molecule has 0 aliphatic carbocycles. The van der Waals surface area contributed by atoms with E-state index in [0.29, 0.717) is 25.5 Å². The molecule has 1 fully saturated rings. The maximum atomic E-state index is 13.6. The number of pyridine rings is 1. The van der Waals surface area contributed by atoms with E-state index in [1.54, 1.807) is 12.1 Å². The zero-order chi connectivity index (χ0) is 19.4. The maximum Gasteiger partial charge on any atom is 0.242 e. The standard InChI is InChI=1S/C19H21F2N3O3/c1-12-11-24(7-8-26-12)13(2)19(25)23-18-6-4-15(10-22-18)27-17-5-3-14(20)9-16(17)21/h3-6,9-10,12-13H,7-8,11H2,1-2H3,(H,22,23,25). The van der Waals surface area contributed by atoms with Crippen LogP contribution < -0.4 is 10.1 Å². The van der Waals surface area contributed by atoms with Crippen molar-refractivity contribution in [1.29, 1.82) is 0 Å². The van der Waals surface area contributed by atoms with E-state index >= 15 is 0 Å². The third kappa shape index (κ3) is 4.99. The highest BCUT2D eigenvalue weighted by Gasteiger charge is 2.26. The summed E-state index contributed by atoms with van der Waals surface area (Å²) in [5, 5.41) is 2.75. The number of hydrogen-bond acceptors (Lipinski definition) is 5. The molecule has 0 radical (unpaired) electrons. The van der Waals surface area contributed by atoms with E-state index in [9.17, 15) is 13.6 Å². The molecule has 3 rings (SSSR count). The normalized spacial score (nSPS) is 18.7. The Balaban J connectivity index is 1.59. The number of ether oxygens (including phenoxy) is 2. The van der Waals surface area contributed by atoms with Gasteiger partial charge in [0.05, 0.1) is 24.9 Å². The van der Waals surface area contributed by atoms with Gasteiger partial charge in [-0.25, -0.2) is 13.8 Å². The van der Waals surface area contributed by atoms with Crippen molar-refractivity contribution in [3.63, 3.8) is 0 Å². The molecule has 0 bridgehead atoms. The molecule has 1 saturated heterocycles. The number of nitrogens with zero attached hydrogens (tertiary/aromatic N) is 2. The molecule has 0 spiro atoms. The molecule has 1 aromatic carbocycles. The molecule has 27 heavy (non-hydrogen) atoms. The molecule has 1 aromatic heterocycles. The third-order valence-electron chi connectivity index (χ3n) is 4.31. The number of nitrogens with one attached hydrogen (secondary N) is 1. The Kier molecular flexibility index (Phi) is 5.98. The molecule has 1 amide bonds. The summed E-state index contributed by atoms with van der Waals surface area (Å²) in [6, 6.07) is 5.84. The molecule has 2 atom stereocenters. The number of carbonyl (C=O) groups excluding carboxylic acids is 1. The number of amides is 1. The van der Waals surface area contributed by atoms with Crippen molar-refractivity contribution in [3.8, 4) is 11.5 Å². The number of benzene rings is 1. The van der Waals surface area contributed by atoms with E-state index in [1.807, 2.05) is 13.8 Å². The first-order valence-electron chi connectivity index (χ1n) is 8.68. The summed E-state index contributed by atoms with van der Waals surface area (Å²) in [5.41, 5.74) is 0. The second-order valence-electron chi connectivity index (χ2n) is 6.40. The van der Waals surface area contributed by atoms with Gasteiger partial charge in [0.2, 0.25) is 5.91 Å². The molecule has 1 N–H and O–H groups in total. The quantitative estimate of drug-likeness (QED) is 0.867. The van der Waals surface area contributed by atoms with Crippen molar-refractivity contribution < 1.29 is 23.0 Å². The van der Waals surface area contributed by atoms with Crippen LogP contribution in [0.25, 0.3) is 0 Å². The second-order valence-corrected chi connectivity index (χ2v) is 6.40. The van der Waals surface area contributed by atoms with Crippen molar-refractivity contribution in [3.05, 3.63) is 48.2 Å². The molecule has 2 heterocycles. The number of carbonyl (C=O) groups is 1. The second kappa shape index (κ2) is 8.41. The molecule has 1 aliphatic heterocycles. The Morgan fingerprint density at radius 1 is 1.37 bits per heavy atom. The maximum absolute atomic E-state index is 13.6. The number of rotatable bonds is 5. The summed E-state index contributed by atoms with van der Waals surface area (Å²) in [6.07, 6.45) is 1.45. The van der Waals surface area contributed by atoms with Gasteiger partial charge in [-0.2, -0.15) is 0 Å². The summed E-state index contributed by atoms with van der Waals surface area (Å²) in [6.45, 7) is 5.80. The number of aromatic nitrogens is 1.